The van der Waals surface area contributed by atoms with Crippen molar-refractivity contribution in [2.75, 3.05) is 6.54 Å². The van der Waals surface area contributed by atoms with Crippen molar-refractivity contribution in [3.63, 3.8) is 0 Å². The van der Waals surface area contributed by atoms with E-state index < -0.39 is 5.41 Å². The van der Waals surface area contributed by atoms with Gasteiger partial charge < -0.3 is 11.1 Å². The van der Waals surface area contributed by atoms with Crippen LogP contribution in [0.2, 0.25) is 0 Å². The Morgan fingerprint density at radius 2 is 1.94 bits per heavy atom. The Bertz CT molecular complexity index is 357. The zero-order valence-corrected chi connectivity index (χ0v) is 10.00. The quantitative estimate of drug-likeness (QED) is 0.710. The van der Waals surface area contributed by atoms with Crippen LogP contribution < -0.4 is 11.1 Å². The van der Waals surface area contributed by atoms with Crippen LogP contribution in [0.3, 0.4) is 0 Å². The van der Waals surface area contributed by atoms with Crippen molar-refractivity contribution in [2.45, 2.75) is 44.9 Å². The molecular weight excluding hydrogens is 218 g/mol. The maximum Gasteiger partial charge on any atom is 0.263 e. The molecule has 1 spiro atoms. The monoisotopic (exact) mass is 237 g/mol. The minimum Gasteiger partial charge on any atom is -0.330 e. The molecule has 0 bridgehead atoms. The summed E-state index contributed by atoms with van der Waals surface area (Å²) in [4.78, 5) is 28.2. The second-order valence-electron chi connectivity index (χ2n) is 4.85. The number of carbonyl (C=O) groups excluding carboxylic acids is 2. The number of carbonyl (C=O) groups is 2. The largest absolute Gasteiger partial charge is 0.330 e. The van der Waals surface area contributed by atoms with Gasteiger partial charge in [0.25, 0.3) is 5.91 Å². The predicted molar refractivity (Wildman–Crippen MR) is 64.4 cm³/mol. The Balaban J connectivity index is 2.14. The third kappa shape index (κ3) is 2.24. The van der Waals surface area contributed by atoms with E-state index in [4.69, 9.17) is 5.73 Å². The molecule has 0 radical (unpaired) electrons. The van der Waals surface area contributed by atoms with Crippen LogP contribution in [0.1, 0.15) is 44.9 Å². The minimum atomic E-state index is -0.857. The van der Waals surface area contributed by atoms with Gasteiger partial charge in [-0.2, -0.15) is 4.99 Å². The number of nitrogens with two attached hydrogens (primary N) is 1. The van der Waals surface area contributed by atoms with Crippen LogP contribution >= 0.6 is 0 Å². The van der Waals surface area contributed by atoms with Gasteiger partial charge in [-0.3, -0.25) is 9.59 Å². The molecule has 2 aliphatic rings. The van der Waals surface area contributed by atoms with Crippen molar-refractivity contribution in [3.05, 3.63) is 0 Å². The molecule has 17 heavy (non-hydrogen) atoms. The van der Waals surface area contributed by atoms with Crippen LogP contribution in [-0.4, -0.2) is 24.2 Å². The molecule has 1 saturated carbocycles. The van der Waals surface area contributed by atoms with Crippen molar-refractivity contribution in [3.8, 4) is 0 Å². The third-order valence-electron chi connectivity index (χ3n) is 3.66. The van der Waals surface area contributed by atoms with Gasteiger partial charge in [0.1, 0.15) is 11.3 Å². The molecule has 0 aromatic heterocycles. The third-order valence-corrected chi connectivity index (χ3v) is 3.66. The summed E-state index contributed by atoms with van der Waals surface area (Å²) in [7, 11) is 0. The van der Waals surface area contributed by atoms with E-state index in [1.54, 1.807) is 0 Å². The molecule has 0 saturated heterocycles. The Kier molecular flexibility index (Phi) is 3.57. The van der Waals surface area contributed by atoms with E-state index in [1.807, 2.05) is 0 Å². The summed E-state index contributed by atoms with van der Waals surface area (Å²) in [6.07, 6.45) is 5.58. The summed E-state index contributed by atoms with van der Waals surface area (Å²) in [5.41, 5.74) is 4.54. The van der Waals surface area contributed by atoms with Gasteiger partial charge in [0.15, 0.2) is 0 Å². The Hall–Kier alpha value is -1.23. The van der Waals surface area contributed by atoms with Gasteiger partial charge in [0.05, 0.1) is 0 Å². The van der Waals surface area contributed by atoms with E-state index in [0.717, 1.165) is 25.7 Å². The molecule has 0 atom stereocenters. The van der Waals surface area contributed by atoms with Gasteiger partial charge in [-0.15, -0.1) is 0 Å². The molecule has 0 aromatic carbocycles. The Morgan fingerprint density at radius 3 is 2.53 bits per heavy atom. The van der Waals surface area contributed by atoms with Crippen LogP contribution in [0.4, 0.5) is 0 Å². The number of hydrogen-bond donors (Lipinski definition) is 2. The lowest BCUT2D eigenvalue weighted by atomic mass is 9.72. The SMILES string of the molecule is NCCCC1=NC(=O)C2(CCCCC2)C(=O)N1. The topological polar surface area (TPSA) is 84.5 Å². The minimum absolute atomic E-state index is 0.149. The smallest absolute Gasteiger partial charge is 0.263 e. The first kappa shape index (κ1) is 12.2. The van der Waals surface area contributed by atoms with Crippen molar-refractivity contribution in [2.24, 2.45) is 16.1 Å². The lowest BCUT2D eigenvalue weighted by Crippen LogP contribution is -2.53. The molecule has 2 rings (SSSR count). The van der Waals surface area contributed by atoms with E-state index >= 15 is 0 Å². The van der Waals surface area contributed by atoms with Crippen LogP contribution in [0, 0.1) is 5.41 Å². The molecule has 2 amide bonds. The van der Waals surface area contributed by atoms with Gasteiger partial charge in [-0.25, -0.2) is 0 Å². The van der Waals surface area contributed by atoms with E-state index in [2.05, 4.69) is 10.3 Å². The number of amidine groups is 1. The first-order valence-corrected chi connectivity index (χ1v) is 6.32. The average molecular weight is 237 g/mol. The van der Waals surface area contributed by atoms with Crippen molar-refractivity contribution < 1.29 is 9.59 Å². The second kappa shape index (κ2) is 4.96. The fourth-order valence-electron chi connectivity index (χ4n) is 2.59. The van der Waals surface area contributed by atoms with Crippen LogP contribution in [0.15, 0.2) is 4.99 Å². The zero-order valence-electron chi connectivity index (χ0n) is 10.00. The van der Waals surface area contributed by atoms with Crippen LogP contribution in [-0.2, 0) is 9.59 Å². The number of hydrogen-bond acceptors (Lipinski definition) is 3. The summed E-state index contributed by atoms with van der Waals surface area (Å²) < 4.78 is 0. The maximum atomic E-state index is 12.1. The van der Waals surface area contributed by atoms with Crippen molar-refractivity contribution in [1.82, 2.24) is 5.32 Å². The molecule has 0 unspecified atom stereocenters. The molecule has 0 aromatic rings. The molecule has 3 N–H and O–H groups in total. The predicted octanol–water partition coefficient (Wildman–Crippen LogP) is 0.731. The Morgan fingerprint density at radius 1 is 1.24 bits per heavy atom. The van der Waals surface area contributed by atoms with E-state index in [-0.39, 0.29) is 11.8 Å². The van der Waals surface area contributed by atoms with E-state index in [1.165, 1.54) is 0 Å². The fraction of sp³-hybridized carbons (Fsp3) is 0.750. The molecule has 5 heteroatoms. The maximum absolute atomic E-state index is 12.1. The highest BCUT2D eigenvalue weighted by molar-refractivity contribution is 6.18. The fourth-order valence-corrected chi connectivity index (χ4v) is 2.59. The van der Waals surface area contributed by atoms with Gasteiger partial charge in [-0.1, -0.05) is 19.3 Å². The molecular formula is C12H19N3O2. The highest BCUT2D eigenvalue weighted by Crippen LogP contribution is 2.39. The van der Waals surface area contributed by atoms with Crippen molar-refractivity contribution >= 4 is 17.6 Å². The summed E-state index contributed by atoms with van der Waals surface area (Å²) in [6.45, 7) is 0.536. The first-order chi connectivity index (χ1) is 8.19. The van der Waals surface area contributed by atoms with E-state index in [0.29, 0.717) is 31.6 Å². The van der Waals surface area contributed by atoms with Crippen LogP contribution in [0.25, 0.3) is 0 Å². The summed E-state index contributed by atoms with van der Waals surface area (Å²) in [5.74, 6) is 0.0961. The van der Waals surface area contributed by atoms with Gasteiger partial charge in [-0.05, 0) is 25.8 Å². The molecule has 1 aliphatic heterocycles. The summed E-state index contributed by atoms with van der Waals surface area (Å²) >= 11 is 0. The number of nitrogens with one attached hydrogen (secondary N) is 1. The van der Waals surface area contributed by atoms with E-state index in [9.17, 15) is 9.59 Å². The molecule has 1 aliphatic carbocycles. The molecule has 1 heterocycles. The van der Waals surface area contributed by atoms with Gasteiger partial charge in [0, 0.05) is 6.42 Å². The highest BCUT2D eigenvalue weighted by atomic mass is 16.2. The summed E-state index contributed by atoms with van der Waals surface area (Å²) in [5, 5.41) is 2.78. The van der Waals surface area contributed by atoms with Gasteiger partial charge >= 0.3 is 0 Å². The second-order valence-corrected chi connectivity index (χ2v) is 4.85. The lowest BCUT2D eigenvalue weighted by Gasteiger charge is -2.35. The van der Waals surface area contributed by atoms with Crippen molar-refractivity contribution in [1.29, 1.82) is 0 Å². The number of nitrogens with zero attached hydrogens (tertiary/aromatic N) is 1. The van der Waals surface area contributed by atoms with Gasteiger partial charge in [0.2, 0.25) is 5.91 Å². The molecule has 5 nitrogen and oxygen atoms in total. The highest BCUT2D eigenvalue weighted by Gasteiger charge is 2.48. The zero-order chi connectivity index (χ0) is 12.3. The summed E-state index contributed by atoms with van der Waals surface area (Å²) in [6, 6.07) is 0. The average Bonchev–Trinajstić information content (AvgIpc) is 2.35. The standard InChI is InChI=1S/C12H19N3O2/c13-8-4-5-9-14-10(16)12(11(17)15-9)6-2-1-3-7-12/h1-8,13H2,(H,14,15,16,17). The Labute approximate surface area is 101 Å². The molecule has 1 fully saturated rings. The van der Waals surface area contributed by atoms with Crippen LogP contribution in [0.5, 0.6) is 0 Å². The normalized spacial score (nSPS) is 23.5. The number of rotatable bonds is 3. The first-order valence-electron chi connectivity index (χ1n) is 6.32. The number of aliphatic imine (C=N–C) groups is 1. The number of amides is 2. The molecule has 94 valence electrons. The lowest BCUT2D eigenvalue weighted by molar-refractivity contribution is -0.144.